The Morgan fingerprint density at radius 3 is 1.14 bits per heavy atom. The Kier molecular flexibility index (Phi) is 26.0. The van der Waals surface area contributed by atoms with Crippen molar-refractivity contribution in [3.8, 4) is 58.1 Å². The van der Waals surface area contributed by atoms with Crippen LogP contribution < -0.4 is 87.9 Å². The van der Waals surface area contributed by atoms with Gasteiger partial charge in [0.05, 0.1) is 71.1 Å². The van der Waals surface area contributed by atoms with E-state index in [1.807, 2.05) is 36.4 Å². The van der Waals surface area contributed by atoms with Gasteiger partial charge in [0.2, 0.25) is 0 Å². The van der Waals surface area contributed by atoms with Crippen molar-refractivity contribution in [2.45, 2.75) is 167 Å². The summed E-state index contributed by atoms with van der Waals surface area (Å²) in [5.74, 6) is 2.58. The average molecular weight is 1560 g/mol. The molecule has 2 spiro atoms. The van der Waals surface area contributed by atoms with Gasteiger partial charge < -0.3 is 83.1 Å². The number of amides is 2. The predicted molar refractivity (Wildman–Crippen MR) is 419 cm³/mol. The number of piperidine rings is 2. The minimum Gasteiger partial charge on any atom is -0.870 e. The van der Waals surface area contributed by atoms with Gasteiger partial charge in [-0.05, 0) is 123 Å². The Morgan fingerprint density at radius 2 is 0.796 bits per heavy atom. The maximum absolute atomic E-state index is 13.6. The number of hydrogen-bond donors (Lipinski definition) is 3. The number of benzene rings is 6. The molecule has 26 heteroatoms. The van der Waals surface area contributed by atoms with E-state index < -0.39 is 11.9 Å². The van der Waals surface area contributed by atoms with Gasteiger partial charge in [-0.2, -0.15) is 10.5 Å². The topological polar surface area (TPSA) is 305 Å². The fraction of sp³-hybridized carbons (Fsp3) is 0.517. The summed E-state index contributed by atoms with van der Waals surface area (Å²) < 4.78 is 64.5. The van der Waals surface area contributed by atoms with Gasteiger partial charge >= 0.3 is 41.5 Å². The molecule has 598 valence electrons. The van der Waals surface area contributed by atoms with Crippen LogP contribution in [0.2, 0.25) is 0 Å². The van der Waals surface area contributed by atoms with Crippen LogP contribution in [-0.4, -0.2) is 205 Å². The van der Waals surface area contributed by atoms with E-state index in [9.17, 15) is 34.8 Å². The van der Waals surface area contributed by atoms with E-state index >= 15 is 0 Å². The average Bonchev–Trinajstić information content (AvgIpc) is 0.710. The minimum atomic E-state index is -1.03. The van der Waals surface area contributed by atoms with Crippen LogP contribution >= 0.6 is 0 Å². The first-order valence-electron chi connectivity index (χ1n) is 38.7. The zero-order valence-electron chi connectivity index (χ0n) is 67.6. The van der Waals surface area contributed by atoms with Crippen LogP contribution in [0.15, 0.2) is 121 Å². The SMILES string of the molecule is COC(=O)c1ccc(OC2CC(N3CCOC4(CCN(c5ccc(C(=O)NC6C(C)(C)C(Oc7ccc(C#N)c(OC)c7)C6(C)C)cc5)CC4)C3)C2)cc1OC.COc1cc(OC2C(C)(C)C(NC(=O)c3ccc(N4CCC5(CC4)CN(C4CC(Oc6ccc(C(=O)O)c(OC)c6)C4)CCO5)cc3)C2(C)C)ccc1C#N.[Na+].[OH-]. The Balaban J connectivity index is 0.000000219. The number of carbonyl (C=O) groups excluding carboxylic acids is 3. The molecule has 8 aliphatic rings. The molecule has 4 saturated heterocycles. The van der Waals surface area contributed by atoms with Crippen LogP contribution in [0.5, 0.6) is 46.0 Å². The van der Waals surface area contributed by atoms with E-state index in [-0.39, 0.29) is 122 Å². The van der Waals surface area contributed by atoms with Crippen LogP contribution in [0.3, 0.4) is 0 Å². The van der Waals surface area contributed by atoms with Crippen LogP contribution in [-0.2, 0) is 14.2 Å². The molecule has 113 heavy (non-hydrogen) atoms. The summed E-state index contributed by atoms with van der Waals surface area (Å²) in [6.07, 6.45) is 7.32. The van der Waals surface area contributed by atoms with Crippen molar-refractivity contribution >= 4 is 35.1 Å². The standard InChI is InChI=1S/C44H54N4O8.C43H52N4O8.Na.H2O/c1-42(2)40(43(3,4)41(42)56-33-13-10-29(26-45)36(24-33)51-5)46-38(49)28-8-11-30(12-9-28)47-18-16-44(17-19-47)27-48(20-21-54-44)31-22-34(23-31)55-32-14-15-35(39(50)53-7)37(25-32)52-6;1-41(2)39(42(3,4)40(41)55-32-12-9-28(25-44)35(23-32)51-5)45-37(48)27-7-10-29(11-8-27)46-17-15-43(16-18-46)26-47(19-20-53-43)30-21-33(22-30)54-31-13-14-34(38(49)50)36(24-31)52-6;;/h8-15,24-25,31,34,40-41H,16-23,27H2,1-7H3,(H,46,49);7-14,23-24,30,33,39-40H,15-22,26H2,1-6H3,(H,45,48)(H,49,50);;1H2/q;;+1;/p-1. The largest absolute Gasteiger partial charge is 1.00 e. The number of nitriles is 2. The quantitative estimate of drug-likeness (QED) is 0.0421. The number of hydrogen-bond acceptors (Lipinski definition) is 22. The number of nitrogens with zero attached hydrogens (tertiary/aromatic N) is 6. The van der Waals surface area contributed by atoms with Crippen molar-refractivity contribution < 1.29 is 111 Å². The van der Waals surface area contributed by atoms with Gasteiger partial charge in [-0.25, -0.2) is 9.59 Å². The number of ether oxygens (including phenoxy) is 11. The summed E-state index contributed by atoms with van der Waals surface area (Å²) in [6.45, 7) is 25.5. The van der Waals surface area contributed by atoms with Gasteiger partial charge in [0, 0.05) is 171 Å². The molecule has 4 saturated carbocycles. The number of rotatable bonds is 22. The van der Waals surface area contributed by atoms with Gasteiger partial charge in [-0.15, -0.1) is 0 Å². The fourth-order valence-corrected chi connectivity index (χ4v) is 19.1. The summed E-state index contributed by atoms with van der Waals surface area (Å²) in [5.41, 5.74) is 3.15. The summed E-state index contributed by atoms with van der Waals surface area (Å²) in [7, 11) is 7.42. The maximum Gasteiger partial charge on any atom is 1.00 e. The van der Waals surface area contributed by atoms with E-state index in [4.69, 9.17) is 52.1 Å². The number of esters is 1. The van der Waals surface area contributed by atoms with Crippen LogP contribution in [0.25, 0.3) is 0 Å². The third-order valence-corrected chi connectivity index (χ3v) is 25.0. The van der Waals surface area contributed by atoms with Crippen molar-refractivity contribution in [1.29, 1.82) is 10.5 Å². The number of morpholine rings is 2. The molecule has 0 radical (unpaired) electrons. The monoisotopic (exact) mass is 1560 g/mol. The van der Waals surface area contributed by atoms with Gasteiger partial charge in [-0.3, -0.25) is 19.4 Å². The van der Waals surface area contributed by atoms with Gasteiger partial charge in [0.1, 0.15) is 93.7 Å². The molecule has 0 atom stereocenters. The summed E-state index contributed by atoms with van der Waals surface area (Å²) >= 11 is 0. The fourth-order valence-electron chi connectivity index (χ4n) is 19.1. The smallest absolute Gasteiger partial charge is 0.870 e. The zero-order chi connectivity index (χ0) is 79.0. The number of methoxy groups -OCH3 is 5. The second-order valence-electron chi connectivity index (χ2n) is 33.4. The van der Waals surface area contributed by atoms with E-state index in [0.29, 0.717) is 92.5 Å². The van der Waals surface area contributed by atoms with E-state index in [1.165, 1.54) is 41.6 Å². The van der Waals surface area contributed by atoms with Gasteiger partial charge in [-0.1, -0.05) is 55.4 Å². The van der Waals surface area contributed by atoms with Crippen molar-refractivity contribution in [1.82, 2.24) is 20.4 Å². The molecule has 6 aromatic carbocycles. The summed E-state index contributed by atoms with van der Waals surface area (Å²) in [4.78, 5) is 60.5. The zero-order valence-corrected chi connectivity index (χ0v) is 69.6. The normalized spacial score (nSPS) is 24.5. The Labute approximate surface area is 685 Å². The second-order valence-corrected chi connectivity index (χ2v) is 33.4. The van der Waals surface area contributed by atoms with Crippen molar-refractivity contribution in [3.05, 3.63) is 155 Å². The maximum atomic E-state index is 13.6. The van der Waals surface area contributed by atoms with Crippen LogP contribution in [0.1, 0.15) is 159 Å². The molecule has 4 heterocycles. The molecule has 4 aliphatic carbocycles. The number of carbonyl (C=O) groups is 4. The van der Waals surface area contributed by atoms with Crippen molar-refractivity contribution in [3.63, 3.8) is 0 Å². The summed E-state index contributed by atoms with van der Waals surface area (Å²) in [5, 5.41) is 34.7. The van der Waals surface area contributed by atoms with E-state index in [2.05, 4.69) is 110 Å². The molecule has 14 rings (SSSR count). The Hall–Kier alpha value is -9.02. The molecule has 4 aliphatic heterocycles. The first-order valence-corrected chi connectivity index (χ1v) is 38.7. The number of carboxylic acid groups (broad SMARTS) is 1. The van der Waals surface area contributed by atoms with E-state index in [0.717, 1.165) is 122 Å². The molecule has 8 fully saturated rings. The van der Waals surface area contributed by atoms with Crippen LogP contribution in [0, 0.1) is 44.3 Å². The second kappa shape index (κ2) is 34.6. The molecule has 25 nitrogen and oxygen atoms in total. The van der Waals surface area contributed by atoms with E-state index in [1.54, 1.807) is 66.7 Å². The molecule has 4 N–H and O–H groups in total. The number of anilines is 2. The predicted octanol–water partition coefficient (Wildman–Crippen LogP) is 9.25. The molecule has 2 amide bonds. The third-order valence-electron chi connectivity index (χ3n) is 25.0. The molecule has 0 unspecified atom stereocenters. The Morgan fingerprint density at radius 1 is 0.460 bits per heavy atom. The number of carboxylic acids is 1. The first-order chi connectivity index (χ1) is 53.1. The van der Waals surface area contributed by atoms with Crippen LogP contribution in [0.4, 0.5) is 11.4 Å². The Bertz CT molecular complexity index is 4440. The minimum absolute atomic E-state index is 0. The van der Waals surface area contributed by atoms with Crippen molar-refractivity contribution in [2.75, 3.05) is 111 Å². The molecule has 0 bridgehead atoms. The third kappa shape index (κ3) is 17.5. The van der Waals surface area contributed by atoms with Crippen molar-refractivity contribution in [2.24, 2.45) is 21.7 Å². The molecular weight excluding hydrogens is 1450 g/mol. The number of aromatic carboxylic acids is 1. The van der Waals surface area contributed by atoms with Gasteiger partial charge in [0.25, 0.3) is 11.8 Å². The first kappa shape index (κ1) is 84.9. The van der Waals surface area contributed by atoms with Gasteiger partial charge in [0.15, 0.2) is 0 Å². The number of nitrogens with one attached hydrogen (secondary N) is 2. The summed E-state index contributed by atoms with van der Waals surface area (Å²) in [6, 6.07) is 41.3. The molecular formula is C87H107N8NaO17. The molecule has 0 aromatic heterocycles. The molecule has 6 aromatic rings.